The summed E-state index contributed by atoms with van der Waals surface area (Å²) in [6, 6.07) is 17.9. The SMILES string of the molecule is COc1cccc(-c2ccc(=O)n(C(C)C(=O)Cc3ccccc3C(C)(C)C)n2)c1. The molecule has 2 aromatic carbocycles. The van der Waals surface area contributed by atoms with Crippen molar-refractivity contribution in [1.82, 2.24) is 9.78 Å². The topological polar surface area (TPSA) is 61.2 Å². The Labute approximate surface area is 177 Å². The summed E-state index contributed by atoms with van der Waals surface area (Å²) in [5.41, 5.74) is 3.19. The average Bonchev–Trinajstić information content (AvgIpc) is 2.73. The first-order valence-electron chi connectivity index (χ1n) is 10.1. The predicted molar refractivity (Wildman–Crippen MR) is 119 cm³/mol. The molecule has 3 aromatic rings. The number of nitrogens with zero attached hydrogens (tertiary/aromatic N) is 2. The minimum Gasteiger partial charge on any atom is -0.497 e. The monoisotopic (exact) mass is 404 g/mol. The number of ether oxygens (including phenoxy) is 1. The maximum absolute atomic E-state index is 13.1. The van der Waals surface area contributed by atoms with Crippen LogP contribution in [0.15, 0.2) is 65.5 Å². The van der Waals surface area contributed by atoms with Gasteiger partial charge in [0.15, 0.2) is 5.78 Å². The molecule has 5 nitrogen and oxygen atoms in total. The van der Waals surface area contributed by atoms with Crippen LogP contribution in [0.5, 0.6) is 5.75 Å². The molecule has 1 unspecified atom stereocenters. The number of carbonyl (C=O) groups excluding carboxylic acids is 1. The molecule has 0 bridgehead atoms. The molecule has 1 atom stereocenters. The molecular weight excluding hydrogens is 376 g/mol. The first kappa shape index (κ1) is 21.5. The maximum atomic E-state index is 13.1. The highest BCUT2D eigenvalue weighted by Crippen LogP contribution is 2.27. The molecule has 0 saturated heterocycles. The maximum Gasteiger partial charge on any atom is 0.267 e. The van der Waals surface area contributed by atoms with Crippen molar-refractivity contribution >= 4 is 5.78 Å². The van der Waals surface area contributed by atoms with E-state index in [0.717, 1.165) is 16.7 Å². The summed E-state index contributed by atoms with van der Waals surface area (Å²) in [5, 5.41) is 4.48. The van der Waals surface area contributed by atoms with Gasteiger partial charge in [0.25, 0.3) is 5.56 Å². The standard InChI is InChI=1S/C25H28N2O3/c1-17(23(28)16-18-9-6-7-12-21(18)25(2,3)4)27-24(29)14-13-22(26-27)19-10-8-11-20(15-19)30-5/h6-15,17H,16H2,1-5H3. The molecule has 0 N–H and O–H groups in total. The van der Waals surface area contributed by atoms with Crippen LogP contribution in [-0.2, 0) is 16.6 Å². The highest BCUT2D eigenvalue weighted by Gasteiger charge is 2.23. The lowest BCUT2D eigenvalue weighted by Crippen LogP contribution is -2.31. The smallest absolute Gasteiger partial charge is 0.267 e. The zero-order chi connectivity index (χ0) is 21.9. The van der Waals surface area contributed by atoms with E-state index in [2.05, 4.69) is 31.9 Å². The van der Waals surface area contributed by atoms with E-state index in [0.29, 0.717) is 11.4 Å². The van der Waals surface area contributed by atoms with E-state index in [1.807, 2.05) is 42.5 Å². The van der Waals surface area contributed by atoms with Crippen LogP contribution in [0.3, 0.4) is 0 Å². The minimum atomic E-state index is -0.670. The molecular formula is C25H28N2O3. The average molecular weight is 405 g/mol. The Morgan fingerprint density at radius 3 is 2.50 bits per heavy atom. The molecule has 0 aliphatic carbocycles. The molecule has 0 aliphatic rings. The summed E-state index contributed by atoms with van der Waals surface area (Å²) in [6.45, 7) is 8.11. The van der Waals surface area contributed by atoms with Crippen molar-refractivity contribution in [3.05, 3.63) is 82.1 Å². The van der Waals surface area contributed by atoms with Crippen molar-refractivity contribution in [3.63, 3.8) is 0 Å². The number of aromatic nitrogens is 2. The summed E-state index contributed by atoms with van der Waals surface area (Å²) in [6.07, 6.45) is 0.256. The van der Waals surface area contributed by atoms with Gasteiger partial charge in [-0.3, -0.25) is 9.59 Å². The lowest BCUT2D eigenvalue weighted by atomic mass is 9.82. The molecule has 1 aromatic heterocycles. The lowest BCUT2D eigenvalue weighted by molar-refractivity contribution is -0.121. The molecule has 156 valence electrons. The van der Waals surface area contributed by atoms with E-state index in [4.69, 9.17) is 4.74 Å². The number of methoxy groups -OCH3 is 1. The fraction of sp³-hybridized carbons (Fsp3) is 0.320. The van der Waals surface area contributed by atoms with Crippen LogP contribution in [0, 0.1) is 0 Å². The minimum absolute atomic E-state index is 0.0518. The highest BCUT2D eigenvalue weighted by atomic mass is 16.5. The second-order valence-corrected chi connectivity index (χ2v) is 8.46. The zero-order valence-corrected chi connectivity index (χ0v) is 18.2. The van der Waals surface area contributed by atoms with Crippen molar-refractivity contribution in [1.29, 1.82) is 0 Å². The third-order valence-corrected chi connectivity index (χ3v) is 5.21. The Morgan fingerprint density at radius 2 is 1.80 bits per heavy atom. The molecule has 3 rings (SSSR count). The number of hydrogen-bond acceptors (Lipinski definition) is 4. The van der Waals surface area contributed by atoms with E-state index >= 15 is 0 Å². The van der Waals surface area contributed by atoms with Crippen molar-refractivity contribution < 1.29 is 9.53 Å². The second-order valence-electron chi connectivity index (χ2n) is 8.46. The first-order valence-corrected chi connectivity index (χ1v) is 10.1. The van der Waals surface area contributed by atoms with Gasteiger partial charge in [-0.2, -0.15) is 5.10 Å². The van der Waals surface area contributed by atoms with Crippen molar-refractivity contribution in [2.75, 3.05) is 7.11 Å². The fourth-order valence-corrected chi connectivity index (χ4v) is 3.52. The van der Waals surface area contributed by atoms with Gasteiger partial charge in [0.2, 0.25) is 0 Å². The normalized spacial score (nSPS) is 12.4. The van der Waals surface area contributed by atoms with Gasteiger partial charge < -0.3 is 4.74 Å². The van der Waals surface area contributed by atoms with E-state index in [1.54, 1.807) is 20.1 Å². The van der Waals surface area contributed by atoms with E-state index in [9.17, 15) is 9.59 Å². The molecule has 30 heavy (non-hydrogen) atoms. The van der Waals surface area contributed by atoms with Gasteiger partial charge in [-0.05, 0) is 41.7 Å². The van der Waals surface area contributed by atoms with Crippen molar-refractivity contribution in [2.45, 2.75) is 45.6 Å². The van der Waals surface area contributed by atoms with Gasteiger partial charge in [-0.15, -0.1) is 0 Å². The van der Waals surface area contributed by atoms with Crippen LogP contribution in [0.2, 0.25) is 0 Å². The summed E-state index contributed by atoms with van der Waals surface area (Å²) < 4.78 is 6.55. The molecule has 0 radical (unpaired) electrons. The van der Waals surface area contributed by atoms with Crippen LogP contribution in [0.25, 0.3) is 11.3 Å². The summed E-state index contributed by atoms with van der Waals surface area (Å²) in [5.74, 6) is 0.652. The second kappa shape index (κ2) is 8.66. The molecule has 0 amide bonds. The van der Waals surface area contributed by atoms with Crippen LogP contribution in [0.1, 0.15) is 44.9 Å². The quantitative estimate of drug-likeness (QED) is 0.603. The summed E-state index contributed by atoms with van der Waals surface area (Å²) in [4.78, 5) is 25.5. The third-order valence-electron chi connectivity index (χ3n) is 5.21. The van der Waals surface area contributed by atoms with Crippen molar-refractivity contribution in [3.8, 4) is 17.0 Å². The highest BCUT2D eigenvalue weighted by molar-refractivity contribution is 5.84. The number of rotatable bonds is 6. The Bertz CT molecular complexity index is 1110. The van der Waals surface area contributed by atoms with Crippen LogP contribution < -0.4 is 10.3 Å². The summed E-state index contributed by atoms with van der Waals surface area (Å²) >= 11 is 0. The molecule has 0 fully saturated rings. The van der Waals surface area contributed by atoms with E-state index in [1.165, 1.54) is 10.7 Å². The van der Waals surface area contributed by atoms with Gasteiger partial charge >= 0.3 is 0 Å². The number of benzene rings is 2. The van der Waals surface area contributed by atoms with Gasteiger partial charge in [-0.1, -0.05) is 57.2 Å². The van der Waals surface area contributed by atoms with Gasteiger partial charge in [0.1, 0.15) is 11.8 Å². The molecule has 0 saturated carbocycles. The van der Waals surface area contributed by atoms with Crippen molar-refractivity contribution in [2.24, 2.45) is 0 Å². The number of hydrogen-bond donors (Lipinski definition) is 0. The summed E-state index contributed by atoms with van der Waals surface area (Å²) in [7, 11) is 1.60. The number of carbonyl (C=O) groups is 1. The fourth-order valence-electron chi connectivity index (χ4n) is 3.52. The van der Waals surface area contributed by atoms with Gasteiger partial charge in [0.05, 0.1) is 12.8 Å². The predicted octanol–water partition coefficient (Wildman–Crippen LogP) is 4.59. The Hall–Kier alpha value is -3.21. The van der Waals surface area contributed by atoms with Crippen LogP contribution in [0.4, 0.5) is 0 Å². The number of Topliss-reactive ketones (excluding diaryl/α,β-unsaturated/α-hetero) is 1. The van der Waals surface area contributed by atoms with E-state index < -0.39 is 6.04 Å². The van der Waals surface area contributed by atoms with Gasteiger partial charge in [-0.25, -0.2) is 4.68 Å². The zero-order valence-electron chi connectivity index (χ0n) is 18.2. The lowest BCUT2D eigenvalue weighted by Gasteiger charge is -2.23. The number of ketones is 1. The van der Waals surface area contributed by atoms with E-state index in [-0.39, 0.29) is 23.2 Å². The van der Waals surface area contributed by atoms with Crippen LogP contribution in [-0.4, -0.2) is 22.7 Å². The Morgan fingerprint density at radius 1 is 1.07 bits per heavy atom. The largest absolute Gasteiger partial charge is 0.497 e. The molecule has 0 spiro atoms. The molecule has 0 aliphatic heterocycles. The molecule has 5 heteroatoms. The first-order chi connectivity index (χ1) is 14.2. The molecule has 1 heterocycles. The Balaban J connectivity index is 1.91. The van der Waals surface area contributed by atoms with Gasteiger partial charge in [0, 0.05) is 18.1 Å². The third kappa shape index (κ3) is 4.67. The Kier molecular flexibility index (Phi) is 6.20. The van der Waals surface area contributed by atoms with Crippen LogP contribution >= 0.6 is 0 Å².